The zero-order chi connectivity index (χ0) is 24.6. The predicted molar refractivity (Wildman–Crippen MR) is 140 cm³/mol. The summed E-state index contributed by atoms with van der Waals surface area (Å²) < 4.78 is 10.9. The summed E-state index contributed by atoms with van der Waals surface area (Å²) in [5, 5.41) is 14.3. The van der Waals surface area contributed by atoms with E-state index in [-0.39, 0.29) is 0 Å². The number of rotatable bonds is 5. The molecule has 6 rings (SSSR count). The predicted octanol–water partition coefficient (Wildman–Crippen LogP) is 2.63. The molecule has 5 heterocycles. The Morgan fingerprint density at radius 2 is 2.11 bits per heavy atom. The van der Waals surface area contributed by atoms with Crippen molar-refractivity contribution in [3.8, 4) is 6.07 Å². The third kappa shape index (κ3) is 4.25. The van der Waals surface area contributed by atoms with Gasteiger partial charge in [-0.25, -0.2) is 0 Å². The molecule has 3 atom stereocenters. The standard InChI is InChI=1S/C27H30BN7O/c1-18-13-34(25-6-4-19(12-29)27-23(25)3-2-9-30-27)16-22-11-21(15-35(18)22)31-26-7-5-20-14-33(17-28-36)10-8-24(20)32-26/h2-7,9,18,21-22H,8,10-11,13-17H2,1H3,(H,31,32)/t18-,21-,22+/m1/s1. The molecule has 3 aromatic rings. The SMILES string of the molecule is C[C@@H]1CN(c2ccc(C#N)c3ncccc23)C[C@@H]2C[C@@H](Nc3ccc4c(n3)CCN(CB=O)C4)CN21. The Kier molecular flexibility index (Phi) is 6.16. The van der Waals surface area contributed by atoms with Gasteiger partial charge < -0.3 is 4.90 Å². The molecule has 3 aliphatic rings. The van der Waals surface area contributed by atoms with E-state index >= 15 is 0 Å². The van der Waals surface area contributed by atoms with E-state index in [0.717, 1.165) is 75.1 Å². The number of piperazine rings is 1. The van der Waals surface area contributed by atoms with Gasteiger partial charge >= 0.3 is 125 Å². The van der Waals surface area contributed by atoms with Gasteiger partial charge in [-0.05, 0) is 31.2 Å². The molecule has 182 valence electrons. The third-order valence-electron chi connectivity index (χ3n) is 7.96. The van der Waals surface area contributed by atoms with E-state index in [1.54, 1.807) is 6.20 Å². The van der Waals surface area contributed by atoms with Crippen molar-refractivity contribution in [3.05, 3.63) is 59.4 Å². The van der Waals surface area contributed by atoms with E-state index < -0.39 is 0 Å². The monoisotopic (exact) mass is 479 g/mol. The van der Waals surface area contributed by atoms with Gasteiger partial charge in [0.05, 0.1) is 11.1 Å². The minimum absolute atomic E-state index is 0.359. The number of benzene rings is 1. The fraction of sp³-hybridized carbons (Fsp3) is 0.444. The molecule has 0 saturated carbocycles. The van der Waals surface area contributed by atoms with Gasteiger partial charge in [-0.15, -0.1) is 0 Å². The molecule has 0 unspecified atom stereocenters. The van der Waals surface area contributed by atoms with Crippen molar-refractivity contribution < 1.29 is 4.70 Å². The Morgan fingerprint density at radius 3 is 2.97 bits per heavy atom. The number of pyridine rings is 2. The summed E-state index contributed by atoms with van der Waals surface area (Å²) in [6.07, 6.45) is 4.20. The van der Waals surface area contributed by atoms with Crippen molar-refractivity contribution in [2.24, 2.45) is 0 Å². The van der Waals surface area contributed by atoms with Crippen LogP contribution in [0.15, 0.2) is 42.6 Å². The Hall–Kier alpha value is -3.35. The summed E-state index contributed by atoms with van der Waals surface area (Å²) in [4.78, 5) is 16.7. The quantitative estimate of drug-likeness (QED) is 0.559. The second-order valence-corrected chi connectivity index (χ2v) is 10.3. The van der Waals surface area contributed by atoms with Gasteiger partial charge in [-0.3, -0.25) is 4.98 Å². The van der Waals surface area contributed by atoms with Crippen LogP contribution >= 0.6 is 0 Å². The molecule has 0 aliphatic carbocycles. The molecule has 9 heteroatoms. The molecule has 1 aromatic carbocycles. The van der Waals surface area contributed by atoms with Crippen LogP contribution in [0.3, 0.4) is 0 Å². The maximum absolute atomic E-state index is 10.9. The van der Waals surface area contributed by atoms with Crippen LogP contribution in [0.25, 0.3) is 10.9 Å². The summed E-state index contributed by atoms with van der Waals surface area (Å²) in [5.41, 5.74) is 4.95. The van der Waals surface area contributed by atoms with Gasteiger partial charge in [0.2, 0.25) is 0 Å². The number of fused-ring (bicyclic) bond motifs is 3. The maximum atomic E-state index is 10.9. The van der Waals surface area contributed by atoms with Gasteiger partial charge in [-0.1, -0.05) is 0 Å². The molecule has 1 N–H and O–H groups in total. The molecule has 2 saturated heterocycles. The Balaban J connectivity index is 1.16. The number of hydrogen-bond donors (Lipinski definition) is 1. The Bertz CT molecular complexity index is 1340. The number of aromatic nitrogens is 2. The van der Waals surface area contributed by atoms with Crippen molar-refractivity contribution >= 4 is 29.6 Å². The molecule has 2 aromatic heterocycles. The van der Waals surface area contributed by atoms with E-state index in [4.69, 9.17) is 4.98 Å². The van der Waals surface area contributed by atoms with Crippen LogP contribution in [0, 0.1) is 11.3 Å². The van der Waals surface area contributed by atoms with E-state index in [0.29, 0.717) is 30.1 Å². The molecule has 36 heavy (non-hydrogen) atoms. The summed E-state index contributed by atoms with van der Waals surface area (Å²) >= 11 is 0. The van der Waals surface area contributed by atoms with Gasteiger partial charge in [-0.2, -0.15) is 5.26 Å². The van der Waals surface area contributed by atoms with Crippen LogP contribution in [0.2, 0.25) is 0 Å². The van der Waals surface area contributed by atoms with Crippen LogP contribution in [-0.2, 0) is 17.7 Å². The second kappa shape index (κ2) is 9.60. The molecular formula is C27H30BN7O. The molecule has 0 bridgehead atoms. The van der Waals surface area contributed by atoms with Crippen molar-refractivity contribution in [2.45, 2.75) is 44.4 Å². The van der Waals surface area contributed by atoms with E-state index in [1.165, 1.54) is 11.3 Å². The molecule has 0 spiro atoms. The number of nitrogens with one attached hydrogen (secondary N) is 1. The third-order valence-corrected chi connectivity index (χ3v) is 7.96. The Morgan fingerprint density at radius 1 is 1.19 bits per heavy atom. The van der Waals surface area contributed by atoms with Gasteiger partial charge in [0.15, 0.2) is 0 Å². The molecule has 8 nitrogen and oxygen atoms in total. The first kappa shape index (κ1) is 23.1. The van der Waals surface area contributed by atoms with Crippen molar-refractivity contribution in [3.63, 3.8) is 0 Å². The second-order valence-electron chi connectivity index (χ2n) is 10.3. The van der Waals surface area contributed by atoms with Crippen LogP contribution < -0.4 is 10.2 Å². The molecule has 0 amide bonds. The van der Waals surface area contributed by atoms with Crippen molar-refractivity contribution in [1.29, 1.82) is 5.26 Å². The zero-order valence-electron chi connectivity index (χ0n) is 20.6. The van der Waals surface area contributed by atoms with Crippen LogP contribution in [0.1, 0.15) is 30.2 Å². The fourth-order valence-electron chi connectivity index (χ4n) is 6.26. The van der Waals surface area contributed by atoms with Crippen LogP contribution in [-0.4, -0.2) is 77.7 Å². The fourth-order valence-corrected chi connectivity index (χ4v) is 6.26. The van der Waals surface area contributed by atoms with E-state index in [2.05, 4.69) is 62.3 Å². The van der Waals surface area contributed by atoms with Crippen LogP contribution in [0.4, 0.5) is 11.5 Å². The van der Waals surface area contributed by atoms with Gasteiger partial charge in [0.1, 0.15) is 6.07 Å². The first-order valence-corrected chi connectivity index (χ1v) is 12.8. The summed E-state index contributed by atoms with van der Waals surface area (Å²) in [7, 11) is 0.978. The topological polar surface area (TPSA) is 88.4 Å². The number of nitriles is 1. The first-order chi connectivity index (χ1) is 17.6. The minimum atomic E-state index is 0.359. The molecular weight excluding hydrogens is 449 g/mol. The first-order valence-electron chi connectivity index (χ1n) is 12.8. The summed E-state index contributed by atoms with van der Waals surface area (Å²) in [6.45, 7) is 6.92. The molecule has 3 aliphatic heterocycles. The van der Waals surface area contributed by atoms with Crippen molar-refractivity contribution in [1.82, 2.24) is 19.8 Å². The average molecular weight is 479 g/mol. The Labute approximate surface area is 212 Å². The van der Waals surface area contributed by atoms with Gasteiger partial charge in [0, 0.05) is 23.8 Å². The summed E-state index contributed by atoms with van der Waals surface area (Å²) in [5.74, 6) is 0.955. The molecule has 0 radical (unpaired) electrons. The zero-order valence-corrected chi connectivity index (χ0v) is 20.6. The van der Waals surface area contributed by atoms with E-state index in [9.17, 15) is 9.97 Å². The number of anilines is 2. The number of hydrogen-bond acceptors (Lipinski definition) is 8. The van der Waals surface area contributed by atoms with E-state index in [1.807, 2.05) is 12.1 Å². The average Bonchev–Trinajstić information content (AvgIpc) is 3.31. The molecule has 2 fully saturated rings. The van der Waals surface area contributed by atoms with Crippen molar-refractivity contribution in [2.75, 3.05) is 42.8 Å². The summed E-state index contributed by atoms with van der Waals surface area (Å²) in [6, 6.07) is 15.8. The normalized spacial score (nSPS) is 24.1. The number of nitrogens with zero attached hydrogens (tertiary/aromatic N) is 6. The van der Waals surface area contributed by atoms with Crippen LogP contribution in [0.5, 0.6) is 0 Å². The van der Waals surface area contributed by atoms with Gasteiger partial charge in [0.25, 0.3) is 0 Å².